The number of nitrogens with zero attached hydrogens (tertiary/aromatic N) is 3. The number of hydrogen-bond donors (Lipinski definition) is 0. The molecule has 64 heavy (non-hydrogen) atoms. The third-order valence-corrected chi connectivity index (χ3v) is 17.3. The van der Waals surface area contributed by atoms with Crippen molar-refractivity contribution in [1.82, 2.24) is 15.0 Å². The predicted molar refractivity (Wildman–Crippen MR) is 354 cm³/mol. The zero-order valence-corrected chi connectivity index (χ0v) is 43.2. The summed E-state index contributed by atoms with van der Waals surface area (Å²) in [6.07, 6.45) is 0. The van der Waals surface area contributed by atoms with Crippen LogP contribution in [0.4, 0.5) is 0 Å². The molecule has 8 rings (SSSR count). The molecular formula is C37H46B23N3O. The van der Waals surface area contributed by atoms with Crippen molar-refractivity contribution in [2.45, 2.75) is 0 Å². The van der Waals surface area contributed by atoms with Gasteiger partial charge >= 0.3 is 0 Å². The Morgan fingerprint density at radius 1 is 0.188 bits per heavy atom. The smallest absolute Gasteiger partial charge is 0.162 e. The first-order valence-corrected chi connectivity index (χ1v) is 23.2. The highest BCUT2D eigenvalue weighted by Gasteiger charge is 2.29. The van der Waals surface area contributed by atoms with Crippen molar-refractivity contribution in [3.63, 3.8) is 0 Å². The molecule has 0 bridgehead atoms. The van der Waals surface area contributed by atoms with Crippen molar-refractivity contribution >= 4 is 339 Å². The van der Waals surface area contributed by atoms with Gasteiger partial charge in [-0.25, -0.2) is 15.0 Å². The van der Waals surface area contributed by atoms with E-state index in [1.807, 2.05) is 0 Å². The molecule has 0 fully saturated rings. The van der Waals surface area contributed by atoms with E-state index >= 15 is 0 Å². The topological polar surface area (TPSA) is 51.8 Å². The largest absolute Gasteiger partial charge is 0.457 e. The second-order valence-corrected chi connectivity index (χ2v) is 19.8. The van der Waals surface area contributed by atoms with Crippen LogP contribution in [0.2, 0.25) is 0 Å². The summed E-state index contributed by atoms with van der Waals surface area (Å²) in [5.74, 6) is 2.20. The summed E-state index contributed by atoms with van der Waals surface area (Å²) in [7, 11) is 52.0. The highest BCUT2D eigenvalue weighted by molar-refractivity contribution is 6.74. The van der Waals surface area contributed by atoms with Crippen molar-refractivity contribution in [2.24, 2.45) is 0 Å². The zero-order chi connectivity index (χ0) is 47.2. The summed E-state index contributed by atoms with van der Waals surface area (Å²) in [5, 5.41) is 5.16. The van der Waals surface area contributed by atoms with Crippen molar-refractivity contribution in [2.75, 3.05) is 0 Å². The molecule has 0 unspecified atom stereocenters. The second-order valence-electron chi connectivity index (χ2n) is 19.8. The summed E-state index contributed by atoms with van der Waals surface area (Å²) in [6.45, 7) is 0. The van der Waals surface area contributed by atoms with E-state index in [0.29, 0.717) is 0 Å². The molecule has 4 nitrogen and oxygen atoms in total. The van der Waals surface area contributed by atoms with Crippen molar-refractivity contribution in [3.8, 4) is 45.3 Å². The molecule has 2 heterocycles. The fourth-order valence-electron chi connectivity index (χ4n) is 11.6. The van der Waals surface area contributed by atoms with Crippen LogP contribution in [0.3, 0.4) is 0 Å². The van der Waals surface area contributed by atoms with Crippen LogP contribution < -0.4 is 126 Å². The minimum absolute atomic E-state index is 0.724. The SMILES string of the molecule is Bc1c(B)c(B)c(-c2nc(-c3c(B)c(B)c(B)c(B)c3B)nc(-c3c(B)c(B)c(-c4c(B)c(B)c(B)c5oc6c(B)c7c(B)c(B)c(B)c(B)c7c(B)c6c45)c(B)c3B)n2)c(B)c1B. The molecule has 0 spiro atoms. The Morgan fingerprint density at radius 3 is 0.812 bits per heavy atom. The fraction of sp³-hybridized carbons (Fsp3) is 0. The van der Waals surface area contributed by atoms with E-state index in [2.05, 4.69) is 180 Å². The Labute approximate surface area is 401 Å². The van der Waals surface area contributed by atoms with E-state index in [-0.39, 0.29) is 0 Å². The Kier molecular flexibility index (Phi) is 11.6. The maximum absolute atomic E-state index is 7.17. The summed E-state index contributed by atoms with van der Waals surface area (Å²) in [5.41, 5.74) is 37.1. The number of furan rings is 1. The third kappa shape index (κ3) is 6.34. The molecule has 0 saturated heterocycles. The lowest BCUT2D eigenvalue weighted by atomic mass is 9.59. The van der Waals surface area contributed by atoms with Crippen LogP contribution in [-0.4, -0.2) is 195 Å². The van der Waals surface area contributed by atoms with Gasteiger partial charge in [0.1, 0.15) is 192 Å². The molecule has 0 saturated carbocycles. The van der Waals surface area contributed by atoms with Gasteiger partial charge in [0, 0.05) is 27.5 Å². The Bertz CT molecular complexity index is 3320. The van der Waals surface area contributed by atoms with Crippen LogP contribution in [0.25, 0.3) is 78.0 Å². The standard InChI is InChI=1S/C37H46B23N3O/c38-10-4-5(15(43)24(52)23(51)14(4)42)22(50)34-6(10)2-1(11(39)29(57)32(60)33(2)64-34)3-12(40)16(44)7(17(45)13(3)41)35-61-36(8-18(46)25(53)30(58)26(54)19(8)47)63-37(62-35)9-20(48)27(55)31(59)28(56)21(9)49/h38-60H2. The van der Waals surface area contributed by atoms with E-state index < -0.39 is 0 Å². The lowest BCUT2D eigenvalue weighted by molar-refractivity contribution is 0.675. The van der Waals surface area contributed by atoms with Gasteiger partial charge in [-0.15, -0.1) is 43.7 Å². The number of hydrogen-bond acceptors (Lipinski definition) is 4. The van der Waals surface area contributed by atoms with Gasteiger partial charge in [0.25, 0.3) is 0 Å². The first kappa shape index (κ1) is 46.4. The van der Waals surface area contributed by atoms with Crippen LogP contribution in [-0.2, 0) is 0 Å². The summed E-state index contributed by atoms with van der Waals surface area (Å²) in [6, 6.07) is 0. The maximum atomic E-state index is 7.17. The summed E-state index contributed by atoms with van der Waals surface area (Å²) >= 11 is 0. The van der Waals surface area contributed by atoms with E-state index in [1.54, 1.807) is 0 Å². The average Bonchev–Trinajstić information content (AvgIpc) is 3.67. The molecule has 0 radical (unpaired) electrons. The Balaban J connectivity index is 1.51. The van der Waals surface area contributed by atoms with Gasteiger partial charge < -0.3 is 4.42 Å². The highest BCUT2D eigenvalue weighted by atomic mass is 16.3. The van der Waals surface area contributed by atoms with E-state index in [4.69, 9.17) is 19.4 Å². The van der Waals surface area contributed by atoms with Gasteiger partial charge in [0.2, 0.25) is 0 Å². The van der Waals surface area contributed by atoms with Crippen LogP contribution in [0, 0.1) is 0 Å². The molecule has 0 aliphatic heterocycles. The lowest BCUT2D eigenvalue weighted by Gasteiger charge is -2.26. The molecule has 0 N–H and O–H groups in total. The van der Waals surface area contributed by atoms with Gasteiger partial charge in [-0.05, 0) is 27.4 Å². The molecule has 0 atom stereocenters. The molecule has 0 aliphatic rings. The van der Waals surface area contributed by atoms with Gasteiger partial charge in [-0.3, -0.25) is 0 Å². The summed E-state index contributed by atoms with van der Waals surface area (Å²) < 4.78 is 7.17. The minimum Gasteiger partial charge on any atom is -0.457 e. The predicted octanol–water partition coefficient (Wildman–Crippen LogP) is -30.5. The quantitative estimate of drug-likeness (QED) is 0.166. The Hall–Kier alpha value is -4.12. The van der Waals surface area contributed by atoms with E-state index in [1.165, 1.54) is 158 Å². The lowest BCUT2D eigenvalue weighted by Crippen LogP contribution is -2.55. The average molecular weight is 797 g/mol. The molecule has 0 amide bonds. The van der Waals surface area contributed by atoms with Crippen molar-refractivity contribution in [1.29, 1.82) is 0 Å². The van der Waals surface area contributed by atoms with Gasteiger partial charge in [0.15, 0.2) is 17.5 Å². The second kappa shape index (κ2) is 16.0. The van der Waals surface area contributed by atoms with Gasteiger partial charge in [-0.1, -0.05) is 76.5 Å². The van der Waals surface area contributed by atoms with Crippen LogP contribution in [0.15, 0.2) is 4.42 Å². The van der Waals surface area contributed by atoms with Crippen molar-refractivity contribution < 1.29 is 4.42 Å². The van der Waals surface area contributed by atoms with E-state index in [9.17, 15) is 0 Å². The van der Waals surface area contributed by atoms with Crippen molar-refractivity contribution in [3.05, 3.63) is 0 Å². The van der Waals surface area contributed by atoms with Gasteiger partial charge in [0.05, 0.1) is 0 Å². The molecule has 6 aromatic carbocycles. The maximum Gasteiger partial charge on any atom is 0.162 e. The first-order valence-electron chi connectivity index (χ1n) is 23.2. The van der Waals surface area contributed by atoms with E-state index in [0.717, 1.165) is 45.3 Å². The van der Waals surface area contributed by atoms with Crippen LogP contribution in [0.1, 0.15) is 0 Å². The first-order chi connectivity index (χ1) is 29.9. The third-order valence-electron chi connectivity index (χ3n) is 17.3. The molecule has 8 aromatic rings. The number of benzene rings is 6. The minimum atomic E-state index is 0.724. The van der Waals surface area contributed by atoms with Gasteiger partial charge in [-0.2, -0.15) is 0 Å². The molecule has 27 heteroatoms. The fourth-order valence-corrected chi connectivity index (χ4v) is 11.6. The zero-order valence-electron chi connectivity index (χ0n) is 43.2. The highest BCUT2D eigenvalue weighted by Crippen LogP contribution is 2.33. The molecule has 2 aromatic heterocycles. The van der Waals surface area contributed by atoms with Crippen LogP contribution in [0.5, 0.6) is 0 Å². The van der Waals surface area contributed by atoms with Crippen LogP contribution >= 0.6 is 0 Å². The monoisotopic (exact) mass is 802 g/mol. The number of aromatic nitrogens is 3. The Morgan fingerprint density at radius 2 is 0.438 bits per heavy atom. The normalized spacial score (nSPS) is 11.6. The molecule has 0 aliphatic carbocycles. The number of rotatable bonds is 4. The summed E-state index contributed by atoms with van der Waals surface area (Å²) in [4.78, 5) is 16.5. The molecule has 284 valence electrons. The molecular weight excluding hydrogens is 751 g/mol. The number of fused-ring (bicyclic) bond motifs is 4.